The van der Waals surface area contributed by atoms with Gasteiger partial charge in [0.15, 0.2) is 0 Å². The number of amides is 1. The van der Waals surface area contributed by atoms with Crippen LogP contribution in [-0.4, -0.2) is 43.1 Å². The zero-order valence-corrected chi connectivity index (χ0v) is 14.6. The number of aromatic amines is 1. The summed E-state index contributed by atoms with van der Waals surface area (Å²) in [4.78, 5) is 34.4. The number of aromatic nitrogens is 4. The van der Waals surface area contributed by atoms with E-state index in [2.05, 4.69) is 15.1 Å². The Balaban J connectivity index is 1.89. The summed E-state index contributed by atoms with van der Waals surface area (Å²) in [5.41, 5.74) is 0.459. The lowest BCUT2D eigenvalue weighted by Crippen LogP contribution is -2.40. The highest BCUT2D eigenvalue weighted by molar-refractivity contribution is 7.09. The van der Waals surface area contributed by atoms with Gasteiger partial charge in [-0.3, -0.25) is 14.3 Å². The summed E-state index contributed by atoms with van der Waals surface area (Å²) in [5, 5.41) is 7.38. The fourth-order valence-electron chi connectivity index (χ4n) is 2.63. The lowest BCUT2D eigenvalue weighted by Gasteiger charge is -2.26. The minimum absolute atomic E-state index is 0.0125. The van der Waals surface area contributed by atoms with Crippen LogP contribution >= 0.6 is 11.3 Å². The molecule has 7 nitrogen and oxygen atoms in total. The summed E-state index contributed by atoms with van der Waals surface area (Å²) in [7, 11) is 1.74. The topological polar surface area (TPSA) is 83.9 Å². The summed E-state index contributed by atoms with van der Waals surface area (Å²) in [5.74, 6) is -0.270. The summed E-state index contributed by atoms with van der Waals surface area (Å²) in [6.07, 6.45) is 5.39. The van der Waals surface area contributed by atoms with Crippen LogP contribution in [0.5, 0.6) is 0 Å². The normalized spacial score (nSPS) is 11.3. The summed E-state index contributed by atoms with van der Waals surface area (Å²) in [6.45, 7) is 4.40. The Morgan fingerprint density at radius 3 is 2.92 bits per heavy atom. The molecule has 0 aliphatic heterocycles. The van der Waals surface area contributed by atoms with Crippen molar-refractivity contribution in [2.75, 3.05) is 6.54 Å². The Morgan fingerprint density at radius 1 is 1.46 bits per heavy atom. The van der Waals surface area contributed by atoms with Crippen LogP contribution in [0, 0.1) is 0 Å². The van der Waals surface area contributed by atoms with Gasteiger partial charge in [0.2, 0.25) is 5.43 Å². The van der Waals surface area contributed by atoms with Gasteiger partial charge in [0.25, 0.3) is 5.91 Å². The average Bonchev–Trinajstić information content (AvgIpc) is 3.18. The molecule has 0 saturated heterocycles. The van der Waals surface area contributed by atoms with Crippen LogP contribution in [0.4, 0.5) is 0 Å². The van der Waals surface area contributed by atoms with E-state index >= 15 is 0 Å². The number of hydrogen-bond donors (Lipinski definition) is 1. The van der Waals surface area contributed by atoms with Crippen molar-refractivity contribution in [2.45, 2.75) is 26.3 Å². The molecule has 0 aromatic carbocycles. The molecule has 0 spiro atoms. The van der Waals surface area contributed by atoms with Crippen LogP contribution in [0.2, 0.25) is 0 Å². The molecule has 0 unspecified atom stereocenters. The zero-order valence-electron chi connectivity index (χ0n) is 13.8. The van der Waals surface area contributed by atoms with E-state index in [9.17, 15) is 9.59 Å². The number of hydrogen-bond acceptors (Lipinski definition) is 5. The molecule has 3 aromatic heterocycles. The number of fused-ring (bicyclic) bond motifs is 1. The molecular weight excluding hydrogens is 326 g/mol. The van der Waals surface area contributed by atoms with Gasteiger partial charge in [0.1, 0.15) is 11.2 Å². The lowest BCUT2D eigenvalue weighted by molar-refractivity contribution is 0.0706. The molecule has 0 saturated carbocycles. The van der Waals surface area contributed by atoms with Gasteiger partial charge in [-0.15, -0.1) is 11.3 Å². The minimum atomic E-state index is -0.290. The summed E-state index contributed by atoms with van der Waals surface area (Å²) in [6, 6.07) is -0.0125. The Kier molecular flexibility index (Phi) is 4.48. The monoisotopic (exact) mass is 345 g/mol. The van der Waals surface area contributed by atoms with Crippen LogP contribution in [0.3, 0.4) is 0 Å². The number of H-pyrrole nitrogens is 1. The number of pyridine rings is 1. The second-order valence-electron chi connectivity index (χ2n) is 5.83. The zero-order chi connectivity index (χ0) is 17.3. The van der Waals surface area contributed by atoms with E-state index in [0.717, 1.165) is 5.01 Å². The number of carbonyl (C=O) groups is 1. The van der Waals surface area contributed by atoms with Crippen molar-refractivity contribution in [3.05, 3.63) is 44.8 Å². The van der Waals surface area contributed by atoms with Crippen LogP contribution in [0.25, 0.3) is 11.0 Å². The number of rotatable bonds is 5. The smallest absolute Gasteiger partial charge is 0.259 e. The third kappa shape index (κ3) is 2.96. The maximum absolute atomic E-state index is 12.9. The van der Waals surface area contributed by atoms with Crippen molar-refractivity contribution >= 4 is 28.3 Å². The second kappa shape index (κ2) is 6.56. The van der Waals surface area contributed by atoms with Crippen molar-refractivity contribution in [3.63, 3.8) is 0 Å². The maximum Gasteiger partial charge on any atom is 0.259 e. The molecule has 24 heavy (non-hydrogen) atoms. The molecule has 8 heteroatoms. The summed E-state index contributed by atoms with van der Waals surface area (Å²) >= 11 is 1.56. The highest BCUT2D eigenvalue weighted by Gasteiger charge is 2.23. The fourth-order valence-corrected chi connectivity index (χ4v) is 3.24. The van der Waals surface area contributed by atoms with E-state index < -0.39 is 0 Å². The van der Waals surface area contributed by atoms with E-state index in [4.69, 9.17) is 0 Å². The van der Waals surface area contributed by atoms with E-state index in [1.165, 1.54) is 12.4 Å². The van der Waals surface area contributed by atoms with Crippen molar-refractivity contribution in [2.24, 2.45) is 7.05 Å². The van der Waals surface area contributed by atoms with Crippen LogP contribution in [0.1, 0.15) is 29.2 Å². The van der Waals surface area contributed by atoms with E-state index in [1.807, 2.05) is 19.2 Å². The lowest BCUT2D eigenvalue weighted by atomic mass is 10.1. The third-order valence-corrected chi connectivity index (χ3v) is 4.79. The molecule has 1 N–H and O–H groups in total. The van der Waals surface area contributed by atoms with Gasteiger partial charge in [0.05, 0.1) is 16.6 Å². The van der Waals surface area contributed by atoms with Gasteiger partial charge in [-0.05, 0) is 13.8 Å². The van der Waals surface area contributed by atoms with Gasteiger partial charge in [0, 0.05) is 43.8 Å². The third-order valence-electron chi connectivity index (χ3n) is 3.95. The first-order chi connectivity index (χ1) is 11.5. The first-order valence-corrected chi connectivity index (χ1v) is 8.59. The molecule has 0 aliphatic rings. The first kappa shape index (κ1) is 16.4. The maximum atomic E-state index is 12.9. The van der Waals surface area contributed by atoms with Crippen molar-refractivity contribution in [3.8, 4) is 0 Å². The molecule has 0 radical (unpaired) electrons. The van der Waals surface area contributed by atoms with Crippen LogP contribution in [-0.2, 0) is 13.5 Å². The average molecular weight is 345 g/mol. The predicted molar refractivity (Wildman–Crippen MR) is 93.3 cm³/mol. The highest BCUT2D eigenvalue weighted by atomic mass is 32.1. The second-order valence-corrected chi connectivity index (χ2v) is 6.81. The molecule has 0 fully saturated rings. The Hall–Kier alpha value is -2.48. The standard InChI is InChI=1S/C16H19N5O2S/c1-10(2)21(6-4-13-17-5-7-24-13)16(23)12-8-18-15-11(14(12)22)9-19-20(15)3/h5,7-10H,4,6H2,1-3H3,(H,18,22). The Labute approximate surface area is 142 Å². The Bertz CT molecular complexity index is 910. The molecule has 126 valence electrons. The quantitative estimate of drug-likeness (QED) is 0.764. The van der Waals surface area contributed by atoms with Crippen LogP contribution < -0.4 is 5.43 Å². The summed E-state index contributed by atoms with van der Waals surface area (Å²) < 4.78 is 1.58. The van der Waals surface area contributed by atoms with E-state index in [1.54, 1.807) is 34.2 Å². The highest BCUT2D eigenvalue weighted by Crippen LogP contribution is 2.12. The van der Waals surface area contributed by atoms with Crippen molar-refractivity contribution < 1.29 is 4.79 Å². The Morgan fingerprint density at radius 2 is 2.25 bits per heavy atom. The molecule has 0 atom stereocenters. The van der Waals surface area contributed by atoms with Gasteiger partial charge in [-0.2, -0.15) is 5.10 Å². The number of nitrogens with one attached hydrogen (secondary N) is 1. The van der Waals surface area contributed by atoms with Gasteiger partial charge in [-0.1, -0.05) is 0 Å². The number of carbonyl (C=O) groups excluding carboxylic acids is 1. The number of thiazole rings is 1. The molecule has 0 aliphatic carbocycles. The van der Waals surface area contributed by atoms with Gasteiger partial charge < -0.3 is 9.88 Å². The molecule has 0 bridgehead atoms. The predicted octanol–water partition coefficient (Wildman–Crippen LogP) is 1.81. The van der Waals surface area contributed by atoms with Gasteiger partial charge >= 0.3 is 0 Å². The van der Waals surface area contributed by atoms with Crippen LogP contribution in [0.15, 0.2) is 28.8 Å². The number of aryl methyl sites for hydroxylation is 1. The molecular formula is C16H19N5O2S. The van der Waals surface area contributed by atoms with E-state index in [-0.39, 0.29) is 22.9 Å². The fraction of sp³-hybridized carbons (Fsp3) is 0.375. The largest absolute Gasteiger partial charge is 0.345 e. The molecule has 3 rings (SSSR count). The molecule has 3 aromatic rings. The van der Waals surface area contributed by atoms with E-state index in [0.29, 0.717) is 24.0 Å². The molecule has 1 amide bonds. The molecule has 3 heterocycles. The minimum Gasteiger partial charge on any atom is -0.345 e. The van der Waals surface area contributed by atoms with Gasteiger partial charge in [-0.25, -0.2) is 4.98 Å². The van der Waals surface area contributed by atoms with Crippen molar-refractivity contribution in [1.82, 2.24) is 24.6 Å². The SMILES string of the molecule is CC(C)N(CCc1nccs1)C(=O)c1c[nH]c2c(cnn2C)c1=O. The first-order valence-electron chi connectivity index (χ1n) is 7.71. The number of nitrogens with zero attached hydrogens (tertiary/aromatic N) is 4. The van der Waals surface area contributed by atoms with Crippen molar-refractivity contribution in [1.29, 1.82) is 0 Å².